The number of aryl methyl sites for hydroxylation is 1. The van der Waals surface area contributed by atoms with Crippen molar-refractivity contribution < 1.29 is 9.59 Å². The lowest BCUT2D eigenvalue weighted by Crippen LogP contribution is -2.33. The van der Waals surface area contributed by atoms with E-state index in [0.29, 0.717) is 5.82 Å². The van der Waals surface area contributed by atoms with Crippen LogP contribution in [0.2, 0.25) is 0 Å². The molecule has 1 aliphatic heterocycles. The van der Waals surface area contributed by atoms with Gasteiger partial charge in [-0.1, -0.05) is 18.2 Å². The number of carbonyl (C=O) groups is 2. The smallest absolute Gasteiger partial charge is 0.239 e. The van der Waals surface area contributed by atoms with Gasteiger partial charge in [-0.2, -0.15) is 0 Å². The molecule has 3 aliphatic rings. The van der Waals surface area contributed by atoms with E-state index in [1.807, 2.05) is 13.0 Å². The highest BCUT2D eigenvalue weighted by Gasteiger charge is 2.59. The fourth-order valence-electron chi connectivity index (χ4n) is 3.72. The summed E-state index contributed by atoms with van der Waals surface area (Å²) in [4.78, 5) is 30.5. The molecule has 2 bridgehead atoms. The van der Waals surface area contributed by atoms with Gasteiger partial charge in [-0.15, -0.1) is 0 Å². The van der Waals surface area contributed by atoms with Crippen LogP contribution in [-0.2, 0) is 9.59 Å². The van der Waals surface area contributed by atoms with Crippen LogP contribution >= 0.6 is 0 Å². The summed E-state index contributed by atoms with van der Waals surface area (Å²) in [6, 6.07) is 3.63. The van der Waals surface area contributed by atoms with E-state index in [-0.39, 0.29) is 35.5 Å². The largest absolute Gasteiger partial charge is 0.274 e. The number of hydrogen-bond acceptors (Lipinski definition) is 3. The lowest BCUT2D eigenvalue weighted by atomic mass is 9.85. The minimum atomic E-state index is -0.148. The van der Waals surface area contributed by atoms with Crippen LogP contribution in [0.25, 0.3) is 0 Å². The third-order valence-electron chi connectivity index (χ3n) is 4.60. The van der Waals surface area contributed by atoms with E-state index >= 15 is 0 Å². The van der Waals surface area contributed by atoms with E-state index in [1.165, 1.54) is 4.90 Å². The standard InChI is InChI=1S/C15H14N2O2/c1-8-2-5-11(16-7-8)17-14(18)12-9-3-4-10(6-9)13(12)15(17)19/h2-5,7,9-10,12-13H,6H2,1H3. The predicted octanol–water partition coefficient (Wildman–Crippen LogP) is 1.70. The lowest BCUT2D eigenvalue weighted by Gasteiger charge is -2.16. The first kappa shape index (κ1) is 10.9. The van der Waals surface area contributed by atoms with Crippen LogP contribution in [0.5, 0.6) is 0 Å². The number of nitrogens with zero attached hydrogens (tertiary/aromatic N) is 2. The lowest BCUT2D eigenvalue weighted by molar-refractivity contribution is -0.123. The summed E-state index contributed by atoms with van der Waals surface area (Å²) in [6.07, 6.45) is 6.85. The molecule has 96 valence electrons. The van der Waals surface area contributed by atoms with Gasteiger partial charge in [0.25, 0.3) is 0 Å². The van der Waals surface area contributed by atoms with E-state index in [4.69, 9.17) is 0 Å². The third kappa shape index (κ3) is 1.31. The van der Waals surface area contributed by atoms with Gasteiger partial charge in [-0.3, -0.25) is 9.59 Å². The number of imide groups is 1. The molecular formula is C15H14N2O2. The van der Waals surface area contributed by atoms with Crippen molar-refractivity contribution in [2.24, 2.45) is 23.7 Å². The Bertz CT molecular complexity index is 575. The molecule has 1 saturated heterocycles. The van der Waals surface area contributed by atoms with E-state index in [1.54, 1.807) is 12.3 Å². The second-order valence-electron chi connectivity index (χ2n) is 5.71. The Labute approximate surface area is 111 Å². The Morgan fingerprint density at radius 2 is 1.74 bits per heavy atom. The zero-order valence-electron chi connectivity index (χ0n) is 10.6. The van der Waals surface area contributed by atoms with E-state index < -0.39 is 0 Å². The van der Waals surface area contributed by atoms with Gasteiger partial charge < -0.3 is 0 Å². The molecule has 0 spiro atoms. The molecule has 0 aromatic carbocycles. The molecule has 2 aliphatic carbocycles. The summed E-state index contributed by atoms with van der Waals surface area (Å²) in [6.45, 7) is 1.93. The fourth-order valence-corrected chi connectivity index (χ4v) is 3.72. The molecule has 4 atom stereocenters. The van der Waals surface area contributed by atoms with Gasteiger partial charge in [0.2, 0.25) is 11.8 Å². The summed E-state index contributed by atoms with van der Waals surface area (Å²) in [5.74, 6) is 0.542. The summed E-state index contributed by atoms with van der Waals surface area (Å²) in [5, 5.41) is 0. The third-order valence-corrected chi connectivity index (χ3v) is 4.60. The Morgan fingerprint density at radius 1 is 1.11 bits per heavy atom. The van der Waals surface area contributed by atoms with Crippen LogP contribution in [0, 0.1) is 30.6 Å². The molecular weight excluding hydrogens is 240 g/mol. The second kappa shape index (κ2) is 3.53. The quantitative estimate of drug-likeness (QED) is 0.566. The zero-order valence-corrected chi connectivity index (χ0v) is 10.6. The van der Waals surface area contributed by atoms with Crippen molar-refractivity contribution in [2.75, 3.05) is 4.90 Å². The Balaban J connectivity index is 1.74. The number of anilines is 1. The molecule has 19 heavy (non-hydrogen) atoms. The molecule has 4 heteroatoms. The highest BCUT2D eigenvalue weighted by molar-refractivity contribution is 6.22. The van der Waals surface area contributed by atoms with Crippen LogP contribution in [0.1, 0.15) is 12.0 Å². The van der Waals surface area contributed by atoms with Gasteiger partial charge in [-0.05, 0) is 36.8 Å². The van der Waals surface area contributed by atoms with Gasteiger partial charge >= 0.3 is 0 Å². The molecule has 2 fully saturated rings. The Kier molecular flexibility index (Phi) is 2.03. The first-order chi connectivity index (χ1) is 9.16. The van der Waals surface area contributed by atoms with Crippen LogP contribution in [0.4, 0.5) is 5.82 Å². The number of hydrogen-bond donors (Lipinski definition) is 0. The van der Waals surface area contributed by atoms with Crippen molar-refractivity contribution in [1.82, 2.24) is 4.98 Å². The van der Waals surface area contributed by atoms with Crippen molar-refractivity contribution in [3.63, 3.8) is 0 Å². The summed E-state index contributed by atoms with van der Waals surface area (Å²) in [5.41, 5.74) is 1.02. The number of carbonyl (C=O) groups excluding carboxylic acids is 2. The topological polar surface area (TPSA) is 50.3 Å². The maximum Gasteiger partial charge on any atom is 0.239 e. The summed E-state index contributed by atoms with van der Waals surface area (Å²) >= 11 is 0. The van der Waals surface area contributed by atoms with Crippen LogP contribution in [-0.4, -0.2) is 16.8 Å². The van der Waals surface area contributed by atoms with Crippen LogP contribution < -0.4 is 4.90 Å². The number of amides is 2. The molecule has 1 saturated carbocycles. The number of rotatable bonds is 1. The van der Waals surface area contributed by atoms with Gasteiger partial charge in [0, 0.05) is 6.20 Å². The molecule has 1 aromatic rings. The number of aromatic nitrogens is 1. The van der Waals surface area contributed by atoms with Gasteiger partial charge in [0.1, 0.15) is 5.82 Å². The molecule has 1 aromatic heterocycles. The number of pyridine rings is 1. The molecule has 0 N–H and O–H groups in total. The average molecular weight is 254 g/mol. The number of fused-ring (bicyclic) bond motifs is 5. The van der Waals surface area contributed by atoms with Crippen LogP contribution in [0.3, 0.4) is 0 Å². The molecule has 2 heterocycles. The molecule has 4 nitrogen and oxygen atoms in total. The van der Waals surface area contributed by atoms with E-state index in [9.17, 15) is 9.59 Å². The first-order valence-electron chi connectivity index (χ1n) is 6.65. The molecule has 0 radical (unpaired) electrons. The monoisotopic (exact) mass is 254 g/mol. The Morgan fingerprint density at radius 3 is 2.26 bits per heavy atom. The SMILES string of the molecule is Cc1ccc(N2C(=O)C3C4C=CC(C4)C3C2=O)nc1. The van der Waals surface area contributed by atoms with Crippen molar-refractivity contribution >= 4 is 17.6 Å². The van der Waals surface area contributed by atoms with Crippen LogP contribution in [0.15, 0.2) is 30.5 Å². The molecule has 2 amide bonds. The summed E-state index contributed by atoms with van der Waals surface area (Å²) < 4.78 is 0. The zero-order chi connectivity index (χ0) is 13.1. The molecule has 4 unspecified atom stereocenters. The Hall–Kier alpha value is -1.97. The fraction of sp³-hybridized carbons (Fsp3) is 0.400. The predicted molar refractivity (Wildman–Crippen MR) is 69.2 cm³/mol. The number of allylic oxidation sites excluding steroid dienone is 2. The maximum absolute atomic E-state index is 12.5. The minimum Gasteiger partial charge on any atom is -0.274 e. The van der Waals surface area contributed by atoms with E-state index in [2.05, 4.69) is 17.1 Å². The second-order valence-corrected chi connectivity index (χ2v) is 5.71. The highest BCUT2D eigenvalue weighted by Crippen LogP contribution is 2.52. The van der Waals surface area contributed by atoms with Crippen molar-refractivity contribution in [2.45, 2.75) is 13.3 Å². The van der Waals surface area contributed by atoms with Crippen molar-refractivity contribution in [1.29, 1.82) is 0 Å². The highest BCUT2D eigenvalue weighted by atomic mass is 16.2. The normalized spacial score (nSPS) is 35.3. The van der Waals surface area contributed by atoms with E-state index in [0.717, 1.165) is 12.0 Å². The maximum atomic E-state index is 12.5. The average Bonchev–Trinajstić information content (AvgIpc) is 3.06. The van der Waals surface area contributed by atoms with Crippen molar-refractivity contribution in [3.05, 3.63) is 36.0 Å². The first-order valence-corrected chi connectivity index (χ1v) is 6.65. The van der Waals surface area contributed by atoms with Gasteiger partial charge in [0.15, 0.2) is 0 Å². The van der Waals surface area contributed by atoms with Crippen molar-refractivity contribution in [3.8, 4) is 0 Å². The van der Waals surface area contributed by atoms with Gasteiger partial charge in [0.05, 0.1) is 11.8 Å². The summed E-state index contributed by atoms with van der Waals surface area (Å²) in [7, 11) is 0. The molecule has 4 rings (SSSR count). The van der Waals surface area contributed by atoms with Gasteiger partial charge in [-0.25, -0.2) is 9.88 Å². The minimum absolute atomic E-state index is 0.0665.